The summed E-state index contributed by atoms with van der Waals surface area (Å²) in [4.78, 5) is 13.1. The second-order valence-corrected chi connectivity index (χ2v) is 5.88. The maximum Gasteiger partial charge on any atom is 0.279 e. The summed E-state index contributed by atoms with van der Waals surface area (Å²) in [5.41, 5.74) is 1.72. The average molecular weight is 347 g/mol. The van der Waals surface area contributed by atoms with E-state index in [0.29, 0.717) is 23.7 Å². The summed E-state index contributed by atoms with van der Waals surface area (Å²) in [6.07, 6.45) is 0.815. The second-order valence-electron chi connectivity index (χ2n) is 5.88. The van der Waals surface area contributed by atoms with Gasteiger partial charge in [-0.15, -0.1) is 0 Å². The van der Waals surface area contributed by atoms with Crippen molar-refractivity contribution in [3.05, 3.63) is 53.8 Å². The van der Waals surface area contributed by atoms with E-state index in [-0.39, 0.29) is 11.7 Å². The number of carbonyl (C=O) groups is 1. The molecule has 2 aromatic carbocycles. The third-order valence-electron chi connectivity index (χ3n) is 3.88. The normalized spacial score (nSPS) is 11.7. The molecule has 134 valence electrons. The summed E-state index contributed by atoms with van der Waals surface area (Å²) in [6, 6.07) is 11.6. The zero-order valence-electron chi connectivity index (χ0n) is 14.8. The van der Waals surface area contributed by atoms with E-state index in [1.807, 2.05) is 25.2 Å². The molecule has 25 heavy (non-hydrogen) atoms. The van der Waals surface area contributed by atoms with Crippen LogP contribution in [0.1, 0.15) is 5.56 Å². The fourth-order valence-electron chi connectivity index (χ4n) is 2.49. The maximum atomic E-state index is 12.9. The molecule has 1 amide bonds. The minimum absolute atomic E-state index is 0.101. The topological polar surface area (TPSA) is 52.0 Å². The number of anilines is 1. The van der Waals surface area contributed by atoms with Gasteiger partial charge >= 0.3 is 0 Å². The van der Waals surface area contributed by atoms with Crippen LogP contribution >= 0.6 is 0 Å². The molecule has 0 radical (unpaired) electrons. The number of amides is 1. The molecule has 0 aliphatic carbocycles. The Morgan fingerprint density at radius 2 is 1.76 bits per heavy atom. The number of quaternary nitrogens is 1. The number of ether oxygens (including phenoxy) is 2. The van der Waals surface area contributed by atoms with Crippen LogP contribution in [0, 0.1) is 5.82 Å². The van der Waals surface area contributed by atoms with Crippen molar-refractivity contribution >= 4 is 11.6 Å². The third kappa shape index (κ3) is 5.76. The third-order valence-corrected chi connectivity index (χ3v) is 3.88. The van der Waals surface area contributed by atoms with Crippen LogP contribution in [0.4, 0.5) is 10.1 Å². The van der Waals surface area contributed by atoms with Gasteiger partial charge in [-0.25, -0.2) is 4.39 Å². The number of methoxy groups -OCH3 is 2. The molecule has 5 nitrogen and oxygen atoms in total. The molecule has 0 bridgehead atoms. The summed E-state index contributed by atoms with van der Waals surface area (Å²) in [7, 11) is 5.18. The number of likely N-dealkylation sites (N-methyl/N-ethyl adjacent to an activating group) is 1. The predicted molar refractivity (Wildman–Crippen MR) is 94.9 cm³/mol. The van der Waals surface area contributed by atoms with Crippen molar-refractivity contribution in [3.63, 3.8) is 0 Å². The monoisotopic (exact) mass is 347 g/mol. The van der Waals surface area contributed by atoms with Gasteiger partial charge < -0.3 is 19.7 Å². The van der Waals surface area contributed by atoms with Crippen LogP contribution in [-0.2, 0) is 11.2 Å². The number of benzene rings is 2. The minimum Gasteiger partial charge on any atom is -0.493 e. The molecular formula is C19H24FN2O3+. The molecule has 0 aromatic heterocycles. The van der Waals surface area contributed by atoms with Crippen molar-refractivity contribution in [3.8, 4) is 11.5 Å². The second kappa shape index (κ2) is 9.03. The zero-order chi connectivity index (χ0) is 18.2. The Morgan fingerprint density at radius 3 is 2.40 bits per heavy atom. The largest absolute Gasteiger partial charge is 0.493 e. The number of carbonyl (C=O) groups excluding carboxylic acids is 1. The van der Waals surface area contributed by atoms with Gasteiger partial charge in [0.05, 0.1) is 27.8 Å². The Morgan fingerprint density at radius 1 is 1.08 bits per heavy atom. The van der Waals surface area contributed by atoms with E-state index < -0.39 is 0 Å². The van der Waals surface area contributed by atoms with Crippen molar-refractivity contribution in [2.45, 2.75) is 6.42 Å². The lowest BCUT2D eigenvalue weighted by atomic mass is 10.1. The van der Waals surface area contributed by atoms with Gasteiger partial charge in [0.25, 0.3) is 5.91 Å². The van der Waals surface area contributed by atoms with E-state index >= 15 is 0 Å². The van der Waals surface area contributed by atoms with E-state index in [9.17, 15) is 9.18 Å². The summed E-state index contributed by atoms with van der Waals surface area (Å²) < 4.78 is 23.4. The first kappa shape index (κ1) is 18.7. The fourth-order valence-corrected chi connectivity index (χ4v) is 2.49. The van der Waals surface area contributed by atoms with Crippen molar-refractivity contribution in [2.24, 2.45) is 0 Å². The molecule has 0 fully saturated rings. The minimum atomic E-state index is -0.323. The van der Waals surface area contributed by atoms with E-state index in [4.69, 9.17) is 9.47 Å². The molecule has 0 aliphatic heterocycles. The van der Waals surface area contributed by atoms with Crippen LogP contribution in [0.3, 0.4) is 0 Å². The van der Waals surface area contributed by atoms with E-state index in [0.717, 1.165) is 23.4 Å². The van der Waals surface area contributed by atoms with Gasteiger partial charge in [0.2, 0.25) is 0 Å². The van der Waals surface area contributed by atoms with Crippen LogP contribution in [-0.4, -0.2) is 40.3 Å². The number of hydrogen-bond acceptors (Lipinski definition) is 3. The number of halogens is 1. The first-order chi connectivity index (χ1) is 12.0. The lowest BCUT2D eigenvalue weighted by Gasteiger charge is -2.15. The Labute approximate surface area is 147 Å². The Kier molecular flexibility index (Phi) is 6.77. The average Bonchev–Trinajstić information content (AvgIpc) is 2.61. The van der Waals surface area contributed by atoms with Crippen molar-refractivity contribution < 1.29 is 23.6 Å². The molecule has 1 unspecified atom stereocenters. The van der Waals surface area contributed by atoms with E-state index in [1.54, 1.807) is 26.4 Å². The highest BCUT2D eigenvalue weighted by Gasteiger charge is 2.11. The van der Waals surface area contributed by atoms with E-state index in [2.05, 4.69) is 5.32 Å². The highest BCUT2D eigenvalue weighted by molar-refractivity contribution is 5.91. The molecule has 0 heterocycles. The number of hydrogen-bond donors (Lipinski definition) is 2. The zero-order valence-corrected chi connectivity index (χ0v) is 14.8. The van der Waals surface area contributed by atoms with Gasteiger partial charge in [-0.1, -0.05) is 6.07 Å². The highest BCUT2D eigenvalue weighted by atomic mass is 19.1. The quantitative estimate of drug-likeness (QED) is 0.762. The maximum absolute atomic E-state index is 12.9. The van der Waals surface area contributed by atoms with Crippen molar-refractivity contribution in [1.29, 1.82) is 0 Å². The van der Waals surface area contributed by atoms with Gasteiger partial charge in [0.15, 0.2) is 18.0 Å². The van der Waals surface area contributed by atoms with Crippen molar-refractivity contribution in [2.75, 3.05) is 39.7 Å². The first-order valence-electron chi connectivity index (χ1n) is 8.09. The van der Waals surface area contributed by atoms with Gasteiger partial charge in [-0.3, -0.25) is 4.79 Å². The van der Waals surface area contributed by atoms with Crippen LogP contribution in [0.2, 0.25) is 0 Å². The molecule has 0 aliphatic rings. The van der Waals surface area contributed by atoms with Crippen molar-refractivity contribution in [1.82, 2.24) is 0 Å². The Hall–Kier alpha value is -2.60. The van der Waals surface area contributed by atoms with Gasteiger partial charge in [0.1, 0.15) is 5.82 Å². The van der Waals surface area contributed by atoms with Crippen LogP contribution in [0.5, 0.6) is 11.5 Å². The molecule has 2 N–H and O–H groups in total. The summed E-state index contributed by atoms with van der Waals surface area (Å²) in [6.45, 7) is 1.14. The molecule has 2 aromatic rings. The SMILES string of the molecule is COc1ccc(CC[NH+](C)CC(=O)Nc2ccc(F)cc2)cc1OC. The van der Waals surface area contributed by atoms with E-state index in [1.165, 1.54) is 12.1 Å². The lowest BCUT2D eigenvalue weighted by molar-refractivity contribution is -0.870. The standard InChI is InChI=1S/C19H23FN2O3/c1-22(13-19(23)21-16-7-5-15(20)6-8-16)11-10-14-4-9-17(24-2)18(12-14)25-3/h4-9,12H,10-11,13H2,1-3H3,(H,21,23)/p+1. The first-order valence-corrected chi connectivity index (χ1v) is 8.09. The molecule has 2 rings (SSSR count). The predicted octanol–water partition coefficient (Wildman–Crippen LogP) is 1.54. The van der Waals surface area contributed by atoms with Gasteiger partial charge in [0, 0.05) is 12.1 Å². The smallest absolute Gasteiger partial charge is 0.279 e. The Balaban J connectivity index is 1.82. The highest BCUT2D eigenvalue weighted by Crippen LogP contribution is 2.27. The van der Waals surface area contributed by atoms with Gasteiger partial charge in [-0.05, 0) is 42.0 Å². The van der Waals surface area contributed by atoms with Crippen LogP contribution < -0.4 is 19.7 Å². The van der Waals surface area contributed by atoms with Crippen LogP contribution in [0.25, 0.3) is 0 Å². The number of rotatable bonds is 8. The Bertz CT molecular complexity index is 704. The molecular weight excluding hydrogens is 323 g/mol. The molecule has 1 atom stereocenters. The lowest BCUT2D eigenvalue weighted by Crippen LogP contribution is -3.10. The number of nitrogens with one attached hydrogen (secondary N) is 2. The fraction of sp³-hybridized carbons (Fsp3) is 0.316. The van der Waals surface area contributed by atoms with Gasteiger partial charge in [-0.2, -0.15) is 0 Å². The molecule has 0 spiro atoms. The summed E-state index contributed by atoms with van der Waals surface area (Å²) in [5.74, 6) is 0.976. The van der Waals surface area contributed by atoms with Crippen LogP contribution in [0.15, 0.2) is 42.5 Å². The molecule has 0 saturated carbocycles. The summed E-state index contributed by atoms with van der Waals surface area (Å²) >= 11 is 0. The molecule has 6 heteroatoms. The molecule has 0 saturated heterocycles. The summed E-state index contributed by atoms with van der Waals surface area (Å²) in [5, 5.41) is 2.77.